The Bertz CT molecular complexity index is 1170. The van der Waals surface area contributed by atoms with Crippen molar-refractivity contribution in [2.45, 2.75) is 46.0 Å². The number of amides is 2. The topological polar surface area (TPSA) is 123 Å². The zero-order chi connectivity index (χ0) is 26.2. The van der Waals surface area contributed by atoms with Crippen LogP contribution in [0.2, 0.25) is 5.02 Å². The number of hydrogen-bond acceptors (Lipinski definition) is 7. The first-order valence-electron chi connectivity index (χ1n) is 11.5. The number of methoxy groups -OCH3 is 1. The molecule has 1 aliphatic heterocycles. The van der Waals surface area contributed by atoms with Crippen LogP contribution < -0.4 is 21.2 Å². The molecule has 1 heterocycles. The molecule has 10 heteroatoms. The highest BCUT2D eigenvalue weighted by molar-refractivity contribution is 6.30. The largest absolute Gasteiger partial charge is 0.497 e. The van der Waals surface area contributed by atoms with Gasteiger partial charge in [-0.1, -0.05) is 35.4 Å². The minimum absolute atomic E-state index is 0.113. The van der Waals surface area contributed by atoms with Crippen molar-refractivity contribution >= 4 is 29.4 Å². The van der Waals surface area contributed by atoms with Crippen molar-refractivity contribution in [3.63, 3.8) is 0 Å². The number of carbonyl (C=O) groups is 3. The molecule has 36 heavy (non-hydrogen) atoms. The number of hydrazine groups is 1. The van der Waals surface area contributed by atoms with E-state index in [-0.39, 0.29) is 18.7 Å². The van der Waals surface area contributed by atoms with Crippen LogP contribution >= 0.6 is 11.6 Å². The number of esters is 1. The van der Waals surface area contributed by atoms with Crippen LogP contribution in [-0.2, 0) is 38.8 Å². The van der Waals surface area contributed by atoms with Gasteiger partial charge in [0.15, 0.2) is 0 Å². The fourth-order valence-corrected chi connectivity index (χ4v) is 4.14. The van der Waals surface area contributed by atoms with Crippen molar-refractivity contribution in [2.75, 3.05) is 13.7 Å². The molecule has 0 bridgehead atoms. The van der Waals surface area contributed by atoms with Gasteiger partial charge in [0.1, 0.15) is 5.75 Å². The summed E-state index contributed by atoms with van der Waals surface area (Å²) in [6.45, 7) is 4.13. The highest BCUT2D eigenvalue weighted by Crippen LogP contribution is 2.24. The monoisotopic (exact) mass is 514 g/mol. The molecular weight excluding hydrogens is 484 g/mol. The van der Waals surface area contributed by atoms with Crippen LogP contribution in [0.3, 0.4) is 0 Å². The Morgan fingerprint density at radius 2 is 1.94 bits per heavy atom. The summed E-state index contributed by atoms with van der Waals surface area (Å²) in [5.74, 6) is -0.992. The Balaban J connectivity index is 1.76. The number of hydrogen-bond donors (Lipinski definition) is 3. The molecule has 1 aliphatic rings. The lowest BCUT2D eigenvalue weighted by Crippen LogP contribution is -2.51. The van der Waals surface area contributed by atoms with E-state index in [9.17, 15) is 14.4 Å². The van der Waals surface area contributed by atoms with Gasteiger partial charge in [0.2, 0.25) is 6.10 Å². The summed E-state index contributed by atoms with van der Waals surface area (Å²) in [7, 11) is 1.59. The Labute approximate surface area is 215 Å². The van der Waals surface area contributed by atoms with E-state index in [1.54, 1.807) is 32.2 Å². The average molecular weight is 515 g/mol. The van der Waals surface area contributed by atoms with Crippen LogP contribution in [0.1, 0.15) is 37.0 Å². The molecular formula is C26H31ClN4O5. The summed E-state index contributed by atoms with van der Waals surface area (Å²) in [5.41, 5.74) is 12.2. The highest BCUT2D eigenvalue weighted by atomic mass is 35.5. The van der Waals surface area contributed by atoms with E-state index >= 15 is 0 Å². The third kappa shape index (κ3) is 6.84. The van der Waals surface area contributed by atoms with Gasteiger partial charge in [-0.25, -0.2) is 5.43 Å². The maximum Gasteiger partial charge on any atom is 0.303 e. The molecule has 0 radical (unpaired) electrons. The molecule has 0 aliphatic carbocycles. The molecule has 0 fully saturated rings. The molecule has 2 amide bonds. The van der Waals surface area contributed by atoms with Crippen LogP contribution in [0.15, 0.2) is 53.6 Å². The van der Waals surface area contributed by atoms with E-state index in [2.05, 4.69) is 10.7 Å². The third-order valence-electron chi connectivity index (χ3n) is 5.88. The summed E-state index contributed by atoms with van der Waals surface area (Å²) in [6, 6.07) is 12.7. The Morgan fingerprint density at radius 1 is 1.17 bits per heavy atom. The first kappa shape index (κ1) is 27.2. The fourth-order valence-electron chi connectivity index (χ4n) is 3.94. The maximum atomic E-state index is 13.4. The first-order chi connectivity index (χ1) is 17.2. The van der Waals surface area contributed by atoms with Crippen LogP contribution in [0.25, 0.3) is 0 Å². The minimum Gasteiger partial charge on any atom is -0.497 e. The predicted octanol–water partition coefficient (Wildman–Crippen LogP) is 2.61. The van der Waals surface area contributed by atoms with E-state index in [0.29, 0.717) is 35.9 Å². The predicted molar refractivity (Wildman–Crippen MR) is 136 cm³/mol. The smallest absolute Gasteiger partial charge is 0.303 e. The van der Waals surface area contributed by atoms with Crippen LogP contribution in [0.4, 0.5) is 0 Å². The molecule has 9 nitrogen and oxygen atoms in total. The number of carbonyl (C=O) groups excluding carboxylic acids is 3. The van der Waals surface area contributed by atoms with Crippen LogP contribution in [0.5, 0.6) is 5.75 Å². The zero-order valence-corrected chi connectivity index (χ0v) is 21.4. The van der Waals surface area contributed by atoms with Gasteiger partial charge in [-0.15, -0.1) is 0 Å². The van der Waals surface area contributed by atoms with Gasteiger partial charge in [0.25, 0.3) is 11.8 Å². The average Bonchev–Trinajstić information content (AvgIpc) is 2.86. The number of rotatable bonds is 10. The summed E-state index contributed by atoms with van der Waals surface area (Å²) in [6.07, 6.45) is -0.875. The van der Waals surface area contributed by atoms with E-state index in [4.69, 9.17) is 26.8 Å². The lowest BCUT2D eigenvalue weighted by atomic mass is 9.96. The van der Waals surface area contributed by atoms with Crippen LogP contribution in [-0.4, -0.2) is 42.6 Å². The number of nitrogens with zero attached hydrogens (tertiary/aromatic N) is 1. The van der Waals surface area contributed by atoms with Crippen molar-refractivity contribution in [2.24, 2.45) is 5.73 Å². The molecule has 1 atom stereocenters. The number of benzene rings is 2. The molecule has 0 saturated carbocycles. The van der Waals surface area contributed by atoms with Gasteiger partial charge < -0.3 is 20.5 Å². The summed E-state index contributed by atoms with van der Waals surface area (Å²) >= 11 is 6.09. The van der Waals surface area contributed by atoms with Gasteiger partial charge in [-0.3, -0.25) is 19.4 Å². The van der Waals surface area contributed by atoms with E-state index in [0.717, 1.165) is 16.7 Å². The van der Waals surface area contributed by atoms with E-state index < -0.39 is 23.9 Å². The van der Waals surface area contributed by atoms with Gasteiger partial charge in [-0.05, 0) is 54.3 Å². The molecule has 4 N–H and O–H groups in total. The Hall–Kier alpha value is -3.40. The molecule has 2 aromatic carbocycles. The quantitative estimate of drug-likeness (QED) is 0.416. The van der Waals surface area contributed by atoms with Gasteiger partial charge in [-0.2, -0.15) is 0 Å². The van der Waals surface area contributed by atoms with Crippen molar-refractivity contribution in [1.29, 1.82) is 0 Å². The summed E-state index contributed by atoms with van der Waals surface area (Å²) in [4.78, 5) is 38.5. The molecule has 0 aromatic heterocycles. The lowest BCUT2D eigenvalue weighted by molar-refractivity contribution is -0.153. The highest BCUT2D eigenvalue weighted by Gasteiger charge is 2.37. The SMILES string of the molecule is COc1cccc(CNN2CCC(C)=C(C(OC(C)=O)C(=O)NCc3cc(Cl)ccc3CN)C2=O)c1. The second-order valence-corrected chi connectivity index (χ2v) is 8.85. The molecule has 3 rings (SSSR count). The fraction of sp³-hybridized carbons (Fsp3) is 0.346. The summed E-state index contributed by atoms with van der Waals surface area (Å²) in [5, 5.41) is 4.71. The molecule has 0 spiro atoms. The van der Waals surface area contributed by atoms with E-state index in [1.807, 2.05) is 24.3 Å². The normalized spacial score (nSPS) is 14.5. The first-order valence-corrected chi connectivity index (χ1v) is 11.9. The number of nitrogens with one attached hydrogen (secondary N) is 2. The Morgan fingerprint density at radius 3 is 2.64 bits per heavy atom. The number of nitrogens with two attached hydrogens (primary N) is 1. The maximum absolute atomic E-state index is 13.4. The van der Waals surface area contributed by atoms with Crippen molar-refractivity contribution in [1.82, 2.24) is 15.8 Å². The second-order valence-electron chi connectivity index (χ2n) is 8.41. The van der Waals surface area contributed by atoms with Crippen molar-refractivity contribution < 1.29 is 23.9 Å². The van der Waals surface area contributed by atoms with Crippen molar-refractivity contribution in [3.05, 3.63) is 75.3 Å². The Kier molecular flexibility index (Phi) is 9.46. The lowest BCUT2D eigenvalue weighted by Gasteiger charge is -2.32. The molecule has 0 saturated heterocycles. The van der Waals surface area contributed by atoms with Crippen molar-refractivity contribution in [3.8, 4) is 5.75 Å². The second kappa shape index (κ2) is 12.5. The molecule has 192 valence electrons. The number of ether oxygens (including phenoxy) is 2. The molecule has 1 unspecified atom stereocenters. The summed E-state index contributed by atoms with van der Waals surface area (Å²) < 4.78 is 10.6. The zero-order valence-electron chi connectivity index (χ0n) is 20.6. The minimum atomic E-state index is -1.39. The van der Waals surface area contributed by atoms with Gasteiger partial charge in [0, 0.05) is 38.1 Å². The van der Waals surface area contributed by atoms with Crippen LogP contribution in [0, 0.1) is 0 Å². The standard InChI is InChI=1S/C26H31ClN4O5/c1-16-9-10-31(30-14-18-5-4-6-22(11-18)35-3)26(34)23(16)24(36-17(2)32)25(33)29-15-20-12-21(27)8-7-19(20)13-28/h4-8,11-12,24,30H,9-10,13-15,28H2,1-3H3,(H,29,33). The van der Waals surface area contributed by atoms with Gasteiger partial charge >= 0.3 is 5.97 Å². The third-order valence-corrected chi connectivity index (χ3v) is 6.11. The molecule has 2 aromatic rings. The van der Waals surface area contributed by atoms with Gasteiger partial charge in [0.05, 0.1) is 12.7 Å². The number of halogens is 1. The van der Waals surface area contributed by atoms with E-state index in [1.165, 1.54) is 11.9 Å².